The molecule has 2 rings (SSSR count). The fraction of sp³-hybridized carbons (Fsp3) is 0.455. The number of hydrogen-bond acceptors (Lipinski definition) is 3. The Morgan fingerprint density at radius 3 is 3.20 bits per heavy atom. The normalized spacial score (nSPS) is 20.6. The van der Waals surface area contributed by atoms with E-state index in [-0.39, 0.29) is 11.8 Å². The summed E-state index contributed by atoms with van der Waals surface area (Å²) in [6.07, 6.45) is 8.56. The zero-order valence-corrected chi connectivity index (χ0v) is 9.17. The number of carbonyl (C=O) groups excluding carboxylic acids is 1. The summed E-state index contributed by atoms with van der Waals surface area (Å²) < 4.78 is 0. The van der Waals surface area contributed by atoms with E-state index < -0.39 is 0 Å². The molecule has 3 nitrogen and oxygen atoms in total. The first-order chi connectivity index (χ1) is 7.29. The third-order valence-electron chi connectivity index (χ3n) is 2.56. The second kappa shape index (κ2) is 4.45. The van der Waals surface area contributed by atoms with Crippen LogP contribution in [0.15, 0.2) is 11.7 Å². The van der Waals surface area contributed by atoms with Crippen molar-refractivity contribution in [2.45, 2.75) is 12.8 Å². The fourth-order valence-electron chi connectivity index (χ4n) is 1.71. The lowest BCUT2D eigenvalue weighted by molar-refractivity contribution is -0.127. The summed E-state index contributed by atoms with van der Waals surface area (Å²) in [5.41, 5.74) is 1.81. The van der Waals surface area contributed by atoms with Crippen LogP contribution in [-0.2, 0) is 11.2 Å². The first-order valence-electron chi connectivity index (χ1n) is 4.91. The third-order valence-corrected chi connectivity index (χ3v) is 3.40. The van der Waals surface area contributed by atoms with Crippen molar-refractivity contribution in [3.8, 4) is 12.3 Å². The van der Waals surface area contributed by atoms with Gasteiger partial charge in [0, 0.05) is 42.9 Å². The highest BCUT2D eigenvalue weighted by molar-refractivity contribution is 7.09. The predicted octanol–water partition coefficient (Wildman–Crippen LogP) is 1.17. The Balaban J connectivity index is 1.86. The van der Waals surface area contributed by atoms with Gasteiger partial charge in [0.15, 0.2) is 0 Å². The first-order valence-corrected chi connectivity index (χ1v) is 5.79. The number of aromatic nitrogens is 1. The van der Waals surface area contributed by atoms with Crippen LogP contribution in [0.4, 0.5) is 0 Å². The van der Waals surface area contributed by atoms with Crippen molar-refractivity contribution in [3.63, 3.8) is 0 Å². The van der Waals surface area contributed by atoms with Gasteiger partial charge in [0.25, 0.3) is 0 Å². The van der Waals surface area contributed by atoms with Crippen LogP contribution in [0.2, 0.25) is 0 Å². The molecule has 0 saturated carbocycles. The molecule has 1 aliphatic heterocycles. The molecule has 1 aromatic heterocycles. The molecular weight excluding hydrogens is 208 g/mol. The Morgan fingerprint density at radius 1 is 1.73 bits per heavy atom. The van der Waals surface area contributed by atoms with Gasteiger partial charge in [-0.05, 0) is 0 Å². The maximum absolute atomic E-state index is 11.5. The summed E-state index contributed by atoms with van der Waals surface area (Å²) in [6.45, 7) is 1.48. The minimum atomic E-state index is 0.110. The molecule has 1 atom stereocenters. The van der Waals surface area contributed by atoms with E-state index in [0.29, 0.717) is 13.0 Å². The molecular formula is C11H12N2OS. The van der Waals surface area contributed by atoms with E-state index in [1.165, 1.54) is 4.88 Å². The van der Waals surface area contributed by atoms with Gasteiger partial charge in [-0.25, -0.2) is 0 Å². The summed E-state index contributed by atoms with van der Waals surface area (Å²) in [5, 5.41) is 0. The van der Waals surface area contributed by atoms with Gasteiger partial charge in [0.2, 0.25) is 5.91 Å². The number of thiazole rings is 1. The minimum absolute atomic E-state index is 0.110. The highest BCUT2D eigenvalue weighted by Gasteiger charge is 2.27. The zero-order chi connectivity index (χ0) is 10.7. The zero-order valence-electron chi connectivity index (χ0n) is 8.35. The minimum Gasteiger partial charge on any atom is -0.341 e. The van der Waals surface area contributed by atoms with Gasteiger partial charge in [-0.1, -0.05) is 0 Å². The van der Waals surface area contributed by atoms with Crippen LogP contribution < -0.4 is 0 Å². The van der Waals surface area contributed by atoms with Crippen LogP contribution in [-0.4, -0.2) is 28.9 Å². The molecule has 4 heteroatoms. The van der Waals surface area contributed by atoms with E-state index in [1.807, 2.05) is 16.6 Å². The topological polar surface area (TPSA) is 33.2 Å². The molecule has 1 fully saturated rings. The van der Waals surface area contributed by atoms with Gasteiger partial charge in [0.1, 0.15) is 0 Å². The SMILES string of the molecule is C#CC1CC(=O)N(CCc2cncs2)C1. The van der Waals surface area contributed by atoms with Gasteiger partial charge < -0.3 is 4.90 Å². The monoisotopic (exact) mass is 220 g/mol. The number of hydrogen-bond donors (Lipinski definition) is 0. The standard InChI is InChI=1S/C11H12N2OS/c1-2-9-5-11(14)13(7-9)4-3-10-6-12-8-15-10/h1,6,8-9H,3-5,7H2. The second-order valence-electron chi connectivity index (χ2n) is 3.63. The Hall–Kier alpha value is -1.34. The summed E-state index contributed by atoms with van der Waals surface area (Å²) >= 11 is 1.62. The number of terminal acetylenes is 1. The molecule has 0 bridgehead atoms. The fourth-order valence-corrected chi connectivity index (χ4v) is 2.30. The number of amides is 1. The Bertz CT molecular complexity index is 380. The van der Waals surface area contributed by atoms with E-state index >= 15 is 0 Å². The van der Waals surface area contributed by atoms with Crippen LogP contribution >= 0.6 is 11.3 Å². The van der Waals surface area contributed by atoms with Crippen molar-refractivity contribution in [2.24, 2.45) is 5.92 Å². The lowest BCUT2D eigenvalue weighted by atomic mass is 10.1. The summed E-state index contributed by atoms with van der Waals surface area (Å²) in [6, 6.07) is 0. The highest BCUT2D eigenvalue weighted by Crippen LogP contribution is 2.17. The smallest absolute Gasteiger partial charge is 0.223 e. The molecule has 0 spiro atoms. The molecule has 0 aliphatic carbocycles. The molecule has 0 aromatic carbocycles. The Morgan fingerprint density at radius 2 is 2.60 bits per heavy atom. The molecule has 0 radical (unpaired) electrons. The van der Waals surface area contributed by atoms with Crippen molar-refractivity contribution < 1.29 is 4.79 Å². The maximum atomic E-state index is 11.5. The average molecular weight is 220 g/mol. The molecule has 15 heavy (non-hydrogen) atoms. The van der Waals surface area contributed by atoms with Crippen LogP contribution in [0.1, 0.15) is 11.3 Å². The highest BCUT2D eigenvalue weighted by atomic mass is 32.1. The van der Waals surface area contributed by atoms with E-state index in [9.17, 15) is 4.79 Å². The van der Waals surface area contributed by atoms with Crippen molar-refractivity contribution in [1.82, 2.24) is 9.88 Å². The van der Waals surface area contributed by atoms with E-state index in [1.54, 1.807) is 11.3 Å². The van der Waals surface area contributed by atoms with Crippen molar-refractivity contribution in [3.05, 3.63) is 16.6 Å². The molecule has 1 saturated heterocycles. The Labute approximate surface area is 93.1 Å². The number of carbonyl (C=O) groups is 1. The molecule has 78 valence electrons. The van der Waals surface area contributed by atoms with E-state index in [0.717, 1.165) is 13.0 Å². The molecule has 1 unspecified atom stereocenters. The van der Waals surface area contributed by atoms with Gasteiger partial charge in [0.05, 0.1) is 5.51 Å². The lowest BCUT2D eigenvalue weighted by Crippen LogP contribution is -2.27. The second-order valence-corrected chi connectivity index (χ2v) is 4.60. The summed E-state index contributed by atoms with van der Waals surface area (Å²) in [4.78, 5) is 18.6. The summed E-state index contributed by atoms with van der Waals surface area (Å²) in [7, 11) is 0. The average Bonchev–Trinajstić information content (AvgIpc) is 2.84. The molecule has 1 amide bonds. The van der Waals surface area contributed by atoms with Gasteiger partial charge in [-0.15, -0.1) is 23.7 Å². The van der Waals surface area contributed by atoms with E-state index in [4.69, 9.17) is 6.42 Å². The van der Waals surface area contributed by atoms with E-state index in [2.05, 4.69) is 10.9 Å². The van der Waals surface area contributed by atoms with Crippen LogP contribution in [0.5, 0.6) is 0 Å². The van der Waals surface area contributed by atoms with Crippen LogP contribution in [0.3, 0.4) is 0 Å². The molecule has 1 aliphatic rings. The van der Waals surface area contributed by atoms with Crippen LogP contribution in [0, 0.1) is 18.3 Å². The third kappa shape index (κ3) is 2.37. The largest absolute Gasteiger partial charge is 0.341 e. The van der Waals surface area contributed by atoms with Gasteiger partial charge in [-0.3, -0.25) is 9.78 Å². The predicted molar refractivity (Wildman–Crippen MR) is 59.3 cm³/mol. The first kappa shape index (κ1) is 10.2. The van der Waals surface area contributed by atoms with Crippen molar-refractivity contribution in [2.75, 3.05) is 13.1 Å². The van der Waals surface area contributed by atoms with Gasteiger partial charge >= 0.3 is 0 Å². The molecule has 1 aromatic rings. The Kier molecular flexibility index (Phi) is 3.02. The molecule has 2 heterocycles. The summed E-state index contributed by atoms with van der Waals surface area (Å²) in [5.74, 6) is 2.94. The maximum Gasteiger partial charge on any atom is 0.223 e. The number of rotatable bonds is 3. The van der Waals surface area contributed by atoms with Crippen molar-refractivity contribution >= 4 is 17.2 Å². The quantitative estimate of drug-likeness (QED) is 0.716. The van der Waals surface area contributed by atoms with Gasteiger partial charge in [-0.2, -0.15) is 0 Å². The molecule has 0 N–H and O–H groups in total. The lowest BCUT2D eigenvalue weighted by Gasteiger charge is -2.14. The van der Waals surface area contributed by atoms with Crippen molar-refractivity contribution in [1.29, 1.82) is 0 Å². The number of likely N-dealkylation sites (tertiary alicyclic amines) is 1. The number of nitrogens with zero attached hydrogens (tertiary/aromatic N) is 2. The van der Waals surface area contributed by atoms with Crippen LogP contribution in [0.25, 0.3) is 0 Å².